The molecule has 1 aromatic heterocycles. The molecule has 1 saturated heterocycles. The summed E-state index contributed by atoms with van der Waals surface area (Å²) in [5.41, 5.74) is 1.10. The molecule has 0 unspecified atom stereocenters. The normalized spacial score (nSPS) is 18.2. The highest BCUT2D eigenvalue weighted by molar-refractivity contribution is 5.87. The molecule has 140 valence electrons. The van der Waals surface area contributed by atoms with Crippen molar-refractivity contribution in [3.63, 3.8) is 0 Å². The van der Waals surface area contributed by atoms with Crippen molar-refractivity contribution >= 4 is 12.1 Å². The second-order valence-corrected chi connectivity index (χ2v) is 7.28. The molecule has 0 aliphatic carbocycles. The summed E-state index contributed by atoms with van der Waals surface area (Å²) in [5.74, 6) is -0.380. The minimum atomic E-state index is -0.896. The summed E-state index contributed by atoms with van der Waals surface area (Å²) in [6.07, 6.45) is -0.214. The van der Waals surface area contributed by atoms with E-state index in [0.29, 0.717) is 44.9 Å². The maximum Gasteiger partial charge on any atom is 0.407 e. The van der Waals surface area contributed by atoms with Crippen LogP contribution in [0.15, 0.2) is 6.07 Å². The van der Waals surface area contributed by atoms with E-state index in [1.165, 1.54) is 4.90 Å². The third-order valence-corrected chi connectivity index (χ3v) is 4.25. The molecule has 1 fully saturated rings. The fourth-order valence-corrected chi connectivity index (χ4v) is 2.79. The van der Waals surface area contributed by atoms with Crippen LogP contribution in [0.4, 0.5) is 4.79 Å². The van der Waals surface area contributed by atoms with Gasteiger partial charge in [0.25, 0.3) is 0 Å². The number of carboxylic acid groups (broad SMARTS) is 1. The van der Waals surface area contributed by atoms with Crippen LogP contribution in [-0.2, 0) is 16.7 Å². The molecule has 2 heterocycles. The maximum absolute atomic E-state index is 12.2. The molecule has 25 heavy (non-hydrogen) atoms. The van der Waals surface area contributed by atoms with Crippen molar-refractivity contribution in [1.82, 2.24) is 20.0 Å². The topological polar surface area (TPSA) is 96.7 Å². The lowest BCUT2D eigenvalue weighted by atomic mass is 9.92. The van der Waals surface area contributed by atoms with Gasteiger partial charge in [-0.1, -0.05) is 20.8 Å². The lowest BCUT2D eigenvalue weighted by Crippen LogP contribution is -2.52. The molecule has 8 nitrogen and oxygen atoms in total. The number of carbonyl (C=O) groups excluding carboxylic acids is 1. The number of carbonyl (C=O) groups is 2. The van der Waals surface area contributed by atoms with E-state index in [9.17, 15) is 9.59 Å². The average Bonchev–Trinajstić information content (AvgIpc) is 2.98. The monoisotopic (exact) mass is 352 g/mol. The molecule has 0 radical (unpaired) electrons. The highest BCUT2D eigenvalue weighted by Gasteiger charge is 2.26. The highest BCUT2D eigenvalue weighted by Crippen LogP contribution is 2.22. The quantitative estimate of drug-likeness (QED) is 0.783. The SMILES string of the molecule is CCOC(=O)c1cc(C(C)(C)C)nn1CC[C@@H]1CN(C(=O)O)CCN1. The highest BCUT2D eigenvalue weighted by atomic mass is 16.5. The van der Waals surface area contributed by atoms with Crippen LogP contribution in [0.3, 0.4) is 0 Å². The van der Waals surface area contributed by atoms with Crippen molar-refractivity contribution in [2.45, 2.75) is 52.1 Å². The zero-order chi connectivity index (χ0) is 18.6. The van der Waals surface area contributed by atoms with E-state index in [4.69, 9.17) is 9.84 Å². The summed E-state index contributed by atoms with van der Waals surface area (Å²) in [6, 6.07) is 1.83. The summed E-state index contributed by atoms with van der Waals surface area (Å²) < 4.78 is 6.81. The number of hydrogen-bond donors (Lipinski definition) is 2. The van der Waals surface area contributed by atoms with E-state index in [-0.39, 0.29) is 17.4 Å². The van der Waals surface area contributed by atoms with E-state index in [0.717, 1.165) is 5.69 Å². The lowest BCUT2D eigenvalue weighted by molar-refractivity contribution is 0.0511. The van der Waals surface area contributed by atoms with Gasteiger partial charge in [0.1, 0.15) is 5.69 Å². The molecule has 0 spiro atoms. The van der Waals surface area contributed by atoms with Gasteiger partial charge in [-0.2, -0.15) is 5.10 Å². The largest absolute Gasteiger partial charge is 0.465 e. The minimum Gasteiger partial charge on any atom is -0.465 e. The molecule has 1 aliphatic heterocycles. The second kappa shape index (κ2) is 7.86. The number of esters is 1. The molecule has 1 aromatic rings. The summed E-state index contributed by atoms with van der Waals surface area (Å²) >= 11 is 0. The van der Waals surface area contributed by atoms with Crippen molar-refractivity contribution in [2.75, 3.05) is 26.2 Å². The van der Waals surface area contributed by atoms with E-state index in [2.05, 4.69) is 10.4 Å². The van der Waals surface area contributed by atoms with Crippen molar-refractivity contribution in [1.29, 1.82) is 0 Å². The van der Waals surface area contributed by atoms with Crippen LogP contribution in [0.2, 0.25) is 0 Å². The van der Waals surface area contributed by atoms with Crippen molar-refractivity contribution in [2.24, 2.45) is 0 Å². The number of hydrogen-bond acceptors (Lipinski definition) is 5. The third-order valence-electron chi connectivity index (χ3n) is 4.25. The summed E-state index contributed by atoms with van der Waals surface area (Å²) in [4.78, 5) is 24.8. The first-order chi connectivity index (χ1) is 11.7. The Kier molecular flexibility index (Phi) is 6.05. The first-order valence-corrected chi connectivity index (χ1v) is 8.69. The van der Waals surface area contributed by atoms with Gasteiger partial charge in [0, 0.05) is 37.6 Å². The number of aromatic nitrogens is 2. The van der Waals surface area contributed by atoms with Gasteiger partial charge in [-0.25, -0.2) is 9.59 Å². The van der Waals surface area contributed by atoms with Crippen LogP contribution in [0.25, 0.3) is 0 Å². The Bertz CT molecular complexity index is 621. The van der Waals surface area contributed by atoms with Crippen molar-refractivity contribution < 1.29 is 19.4 Å². The van der Waals surface area contributed by atoms with Gasteiger partial charge in [-0.15, -0.1) is 0 Å². The number of ether oxygens (including phenoxy) is 1. The third kappa shape index (κ3) is 4.94. The van der Waals surface area contributed by atoms with Gasteiger partial charge in [-0.3, -0.25) is 4.68 Å². The van der Waals surface area contributed by atoms with E-state index in [1.54, 1.807) is 17.7 Å². The molecule has 2 rings (SSSR count). The van der Waals surface area contributed by atoms with Crippen LogP contribution in [0, 0.1) is 0 Å². The maximum atomic E-state index is 12.2. The Morgan fingerprint density at radius 1 is 1.44 bits per heavy atom. The number of nitrogens with zero attached hydrogens (tertiary/aromatic N) is 3. The second-order valence-electron chi connectivity index (χ2n) is 7.28. The summed E-state index contributed by atoms with van der Waals surface area (Å²) in [5, 5.41) is 17.0. The number of nitrogens with one attached hydrogen (secondary N) is 1. The molecule has 2 N–H and O–H groups in total. The van der Waals surface area contributed by atoms with Crippen molar-refractivity contribution in [3.05, 3.63) is 17.5 Å². The van der Waals surface area contributed by atoms with E-state index in [1.807, 2.05) is 20.8 Å². The van der Waals surface area contributed by atoms with Gasteiger partial charge in [0.2, 0.25) is 0 Å². The van der Waals surface area contributed by atoms with Gasteiger partial charge in [-0.05, 0) is 19.4 Å². The summed E-state index contributed by atoms with van der Waals surface area (Å²) in [7, 11) is 0. The van der Waals surface area contributed by atoms with E-state index >= 15 is 0 Å². The smallest absolute Gasteiger partial charge is 0.407 e. The Morgan fingerprint density at radius 3 is 2.76 bits per heavy atom. The first-order valence-electron chi connectivity index (χ1n) is 8.69. The van der Waals surface area contributed by atoms with Crippen molar-refractivity contribution in [3.8, 4) is 0 Å². The Labute approximate surface area is 148 Å². The predicted octanol–water partition coefficient (Wildman–Crippen LogP) is 1.70. The summed E-state index contributed by atoms with van der Waals surface area (Å²) in [6.45, 7) is 10.3. The number of rotatable bonds is 5. The standard InChI is InChI=1S/C17H28N4O4/c1-5-25-15(22)13-10-14(17(2,3)4)19-21(13)8-6-12-11-20(16(23)24)9-7-18-12/h10,12,18H,5-9,11H2,1-4H3,(H,23,24)/t12-/m1/s1. The average molecular weight is 352 g/mol. The molecule has 1 amide bonds. The zero-order valence-corrected chi connectivity index (χ0v) is 15.4. The molecule has 1 aliphatic rings. The molecule has 1 atom stereocenters. The van der Waals surface area contributed by atoms with Crippen LogP contribution in [-0.4, -0.2) is 64.1 Å². The van der Waals surface area contributed by atoms with Crippen LogP contribution < -0.4 is 5.32 Å². The molecule has 0 bridgehead atoms. The van der Waals surface area contributed by atoms with Gasteiger partial charge in [0.05, 0.1) is 12.3 Å². The van der Waals surface area contributed by atoms with Crippen LogP contribution >= 0.6 is 0 Å². The fourth-order valence-electron chi connectivity index (χ4n) is 2.79. The van der Waals surface area contributed by atoms with Crippen LogP contribution in [0.5, 0.6) is 0 Å². The van der Waals surface area contributed by atoms with Gasteiger partial charge < -0.3 is 20.1 Å². The molecular formula is C17H28N4O4. The van der Waals surface area contributed by atoms with Crippen LogP contribution in [0.1, 0.15) is 50.3 Å². The van der Waals surface area contributed by atoms with Gasteiger partial charge in [0.15, 0.2) is 0 Å². The lowest BCUT2D eigenvalue weighted by Gasteiger charge is -2.31. The zero-order valence-electron chi connectivity index (χ0n) is 15.4. The van der Waals surface area contributed by atoms with Gasteiger partial charge >= 0.3 is 12.1 Å². The Hall–Kier alpha value is -2.09. The first kappa shape index (κ1) is 19.2. The molecule has 8 heteroatoms. The number of amides is 1. The molecule has 0 aromatic carbocycles. The fraction of sp³-hybridized carbons (Fsp3) is 0.706. The molecular weight excluding hydrogens is 324 g/mol. The van der Waals surface area contributed by atoms with E-state index < -0.39 is 6.09 Å². The predicted molar refractivity (Wildman–Crippen MR) is 92.9 cm³/mol. The minimum absolute atomic E-state index is 0.0437. The molecule has 0 saturated carbocycles. The number of piperazine rings is 1. The Morgan fingerprint density at radius 2 is 2.16 bits per heavy atom. The Balaban J connectivity index is 2.10. The number of aryl methyl sites for hydroxylation is 1.